The van der Waals surface area contributed by atoms with Crippen LogP contribution in [-0.4, -0.2) is 68.4 Å². The molecule has 1 aliphatic rings. The lowest BCUT2D eigenvalue weighted by Crippen LogP contribution is -2.41. The molecule has 1 fully saturated rings. The van der Waals surface area contributed by atoms with E-state index in [9.17, 15) is 4.79 Å². The van der Waals surface area contributed by atoms with Gasteiger partial charge in [0.15, 0.2) is 5.96 Å². The highest BCUT2D eigenvalue weighted by atomic mass is 16.6. The molecule has 0 aliphatic carbocycles. The Hall–Kier alpha value is -2.28. The summed E-state index contributed by atoms with van der Waals surface area (Å²) in [5.74, 6) is 1.45. The Morgan fingerprint density at radius 1 is 1.21 bits per heavy atom. The van der Waals surface area contributed by atoms with Crippen molar-refractivity contribution >= 4 is 12.1 Å². The predicted octanol–water partition coefficient (Wildman–Crippen LogP) is 3.10. The number of hydrogen-bond acceptors (Lipinski definition) is 4. The second-order valence-corrected chi connectivity index (χ2v) is 8.66. The summed E-state index contributed by atoms with van der Waals surface area (Å²) in [7, 11) is 5.61. The monoisotopic (exact) mass is 404 g/mol. The molecular weight excluding hydrogens is 368 g/mol. The Labute approximate surface area is 175 Å². The van der Waals surface area contributed by atoms with Gasteiger partial charge in [-0.15, -0.1) is 0 Å². The third-order valence-electron chi connectivity index (χ3n) is 4.73. The average molecular weight is 405 g/mol. The van der Waals surface area contributed by atoms with Crippen molar-refractivity contribution in [1.29, 1.82) is 0 Å². The summed E-state index contributed by atoms with van der Waals surface area (Å²) < 4.78 is 10.9. The first kappa shape index (κ1) is 23.0. The summed E-state index contributed by atoms with van der Waals surface area (Å²) in [4.78, 5) is 20.2. The molecule has 1 aromatic rings. The minimum atomic E-state index is -0.489. The van der Waals surface area contributed by atoms with Crippen LogP contribution in [0.25, 0.3) is 0 Å². The van der Waals surface area contributed by atoms with Crippen LogP contribution in [0.15, 0.2) is 29.3 Å². The fraction of sp³-hybridized carbons (Fsp3) is 0.636. The zero-order valence-corrected chi connectivity index (χ0v) is 18.7. The number of amides is 1. The molecule has 1 heterocycles. The second kappa shape index (κ2) is 10.5. The van der Waals surface area contributed by atoms with Crippen LogP contribution in [0, 0.1) is 5.92 Å². The maximum absolute atomic E-state index is 12.1. The minimum absolute atomic E-state index is 0.317. The van der Waals surface area contributed by atoms with Crippen molar-refractivity contribution in [2.24, 2.45) is 10.9 Å². The number of benzene rings is 1. The molecule has 0 bridgehead atoms. The molecule has 1 amide bonds. The van der Waals surface area contributed by atoms with Gasteiger partial charge in [0.25, 0.3) is 0 Å². The van der Waals surface area contributed by atoms with E-state index in [1.54, 1.807) is 19.0 Å². The summed E-state index contributed by atoms with van der Waals surface area (Å²) in [6.07, 6.45) is 0.795. The van der Waals surface area contributed by atoms with Crippen LogP contribution in [0.1, 0.15) is 38.3 Å². The van der Waals surface area contributed by atoms with Crippen molar-refractivity contribution in [2.45, 2.75) is 45.9 Å². The lowest BCUT2D eigenvalue weighted by Gasteiger charge is -2.25. The summed E-state index contributed by atoms with van der Waals surface area (Å²) in [5, 5.41) is 3.41. The highest BCUT2D eigenvalue weighted by molar-refractivity contribution is 5.79. The van der Waals surface area contributed by atoms with Gasteiger partial charge in [-0.2, -0.15) is 0 Å². The van der Waals surface area contributed by atoms with Gasteiger partial charge in [-0.05, 0) is 38.3 Å². The number of carbonyl (C=O) groups is 1. The van der Waals surface area contributed by atoms with Crippen LogP contribution < -0.4 is 5.32 Å². The molecule has 162 valence electrons. The molecule has 2 rings (SSSR count). The third-order valence-corrected chi connectivity index (χ3v) is 4.73. The Morgan fingerprint density at radius 3 is 2.41 bits per heavy atom. The Bertz CT molecular complexity index is 676. The molecular formula is C22H36N4O3. The molecule has 7 heteroatoms. The largest absolute Gasteiger partial charge is 0.444 e. The van der Waals surface area contributed by atoms with Crippen molar-refractivity contribution in [3.8, 4) is 0 Å². The van der Waals surface area contributed by atoms with E-state index < -0.39 is 5.60 Å². The van der Waals surface area contributed by atoms with Gasteiger partial charge in [-0.3, -0.25) is 4.99 Å². The van der Waals surface area contributed by atoms with Crippen molar-refractivity contribution in [1.82, 2.24) is 15.1 Å². The van der Waals surface area contributed by atoms with Gasteiger partial charge in [0.2, 0.25) is 0 Å². The maximum Gasteiger partial charge on any atom is 0.410 e. The van der Waals surface area contributed by atoms with E-state index in [0.717, 1.165) is 43.3 Å². The van der Waals surface area contributed by atoms with Crippen LogP contribution in [0.2, 0.25) is 0 Å². The van der Waals surface area contributed by atoms with E-state index in [2.05, 4.69) is 34.4 Å². The van der Waals surface area contributed by atoms with E-state index in [0.29, 0.717) is 19.0 Å². The zero-order chi connectivity index (χ0) is 21.4. The summed E-state index contributed by atoms with van der Waals surface area (Å²) >= 11 is 0. The maximum atomic E-state index is 12.1. The minimum Gasteiger partial charge on any atom is -0.444 e. The molecule has 0 spiro atoms. The molecule has 1 atom stereocenters. The zero-order valence-electron chi connectivity index (χ0n) is 18.7. The molecule has 0 aromatic heterocycles. The number of nitrogens with one attached hydrogen (secondary N) is 1. The van der Waals surface area contributed by atoms with Crippen molar-refractivity contribution in [3.63, 3.8) is 0 Å². The van der Waals surface area contributed by atoms with Crippen LogP contribution in [0.3, 0.4) is 0 Å². The lowest BCUT2D eigenvalue weighted by atomic mass is 10.1. The molecule has 1 aromatic carbocycles. The fourth-order valence-corrected chi connectivity index (χ4v) is 3.21. The number of aliphatic imine (C=N–C) groups is 1. The highest BCUT2D eigenvalue weighted by Gasteiger charge is 2.20. The van der Waals surface area contributed by atoms with Crippen LogP contribution in [-0.2, 0) is 22.6 Å². The number of ether oxygens (including phenoxy) is 2. The molecule has 1 saturated heterocycles. The SMILES string of the molecule is CN=C(NCc1ccc(CN(C)C(=O)OC(C)(C)C)cc1)N(C)CC1CCOC1. The number of rotatable bonds is 6. The number of guanidine groups is 1. The van der Waals surface area contributed by atoms with Gasteiger partial charge in [0.05, 0.1) is 6.61 Å². The normalized spacial score (nSPS) is 17.2. The molecule has 1 N–H and O–H groups in total. The van der Waals surface area contributed by atoms with E-state index in [-0.39, 0.29) is 6.09 Å². The van der Waals surface area contributed by atoms with Gasteiger partial charge >= 0.3 is 6.09 Å². The van der Waals surface area contributed by atoms with E-state index >= 15 is 0 Å². The van der Waals surface area contributed by atoms with E-state index in [1.807, 2.05) is 32.9 Å². The van der Waals surface area contributed by atoms with Crippen LogP contribution in [0.5, 0.6) is 0 Å². The summed E-state index contributed by atoms with van der Waals surface area (Å²) in [5.41, 5.74) is 1.73. The first-order chi connectivity index (χ1) is 13.7. The molecule has 0 saturated carbocycles. The van der Waals surface area contributed by atoms with Crippen molar-refractivity contribution < 1.29 is 14.3 Å². The third kappa shape index (κ3) is 7.93. The Kier molecular flexibility index (Phi) is 8.32. The standard InChI is InChI=1S/C22H36N4O3/c1-22(2,3)29-21(27)26(6)14-18-9-7-17(8-10-18)13-24-20(23-4)25(5)15-19-11-12-28-16-19/h7-10,19H,11-16H2,1-6H3,(H,23,24). The number of hydrogen-bond donors (Lipinski definition) is 1. The first-order valence-corrected chi connectivity index (χ1v) is 10.2. The van der Waals surface area contributed by atoms with E-state index in [1.165, 1.54) is 0 Å². The van der Waals surface area contributed by atoms with E-state index in [4.69, 9.17) is 9.47 Å². The molecule has 7 nitrogen and oxygen atoms in total. The summed E-state index contributed by atoms with van der Waals surface area (Å²) in [6.45, 7) is 9.45. The topological polar surface area (TPSA) is 66.4 Å². The number of nitrogens with zero attached hydrogens (tertiary/aromatic N) is 3. The molecule has 0 radical (unpaired) electrons. The predicted molar refractivity (Wildman–Crippen MR) is 116 cm³/mol. The van der Waals surface area contributed by atoms with Crippen LogP contribution in [0.4, 0.5) is 4.79 Å². The van der Waals surface area contributed by atoms with Gasteiger partial charge < -0.3 is 24.6 Å². The lowest BCUT2D eigenvalue weighted by molar-refractivity contribution is 0.0285. The molecule has 1 aliphatic heterocycles. The van der Waals surface area contributed by atoms with Gasteiger partial charge in [-0.25, -0.2) is 4.79 Å². The molecule has 1 unspecified atom stereocenters. The van der Waals surface area contributed by atoms with Gasteiger partial charge in [0.1, 0.15) is 5.60 Å². The van der Waals surface area contributed by atoms with Gasteiger partial charge in [-0.1, -0.05) is 24.3 Å². The smallest absolute Gasteiger partial charge is 0.410 e. The van der Waals surface area contributed by atoms with Gasteiger partial charge in [0, 0.05) is 53.3 Å². The highest BCUT2D eigenvalue weighted by Crippen LogP contribution is 2.14. The molecule has 29 heavy (non-hydrogen) atoms. The van der Waals surface area contributed by atoms with Crippen LogP contribution >= 0.6 is 0 Å². The quantitative estimate of drug-likeness (QED) is 0.583. The average Bonchev–Trinajstić information content (AvgIpc) is 3.15. The summed E-state index contributed by atoms with van der Waals surface area (Å²) in [6, 6.07) is 8.23. The fourth-order valence-electron chi connectivity index (χ4n) is 3.21. The second-order valence-electron chi connectivity index (χ2n) is 8.66. The van der Waals surface area contributed by atoms with Crippen molar-refractivity contribution in [2.75, 3.05) is 40.9 Å². The number of carbonyl (C=O) groups excluding carboxylic acids is 1. The first-order valence-electron chi connectivity index (χ1n) is 10.2. The Balaban J connectivity index is 1.82. The Morgan fingerprint density at radius 2 is 1.86 bits per heavy atom. The van der Waals surface area contributed by atoms with Crippen molar-refractivity contribution in [3.05, 3.63) is 35.4 Å².